The molecule has 1 amide bonds. The summed E-state index contributed by atoms with van der Waals surface area (Å²) >= 11 is 0. The number of pyridine rings is 1. The van der Waals surface area contributed by atoms with Gasteiger partial charge < -0.3 is 25.3 Å². The number of hydrogen-bond donors (Lipinski definition) is 3. The Morgan fingerprint density at radius 1 is 1.13 bits per heavy atom. The number of benzene rings is 1. The number of nitrogens with zero attached hydrogens (tertiary/aromatic N) is 5. The number of amides is 1. The average molecular weight is 526 g/mol. The lowest BCUT2D eigenvalue weighted by Gasteiger charge is -2.30. The van der Waals surface area contributed by atoms with Gasteiger partial charge in [0.15, 0.2) is 5.82 Å². The van der Waals surface area contributed by atoms with E-state index in [-0.39, 0.29) is 29.3 Å². The molecular formula is C29H31N7O3. The molecule has 0 atom stereocenters. The molecule has 4 aromatic rings. The van der Waals surface area contributed by atoms with Crippen molar-refractivity contribution in [3.63, 3.8) is 0 Å². The Kier molecular flexibility index (Phi) is 5.80. The van der Waals surface area contributed by atoms with Crippen LogP contribution in [0.4, 0.5) is 23.0 Å². The van der Waals surface area contributed by atoms with Crippen molar-refractivity contribution < 1.29 is 9.90 Å². The fraction of sp³-hybridized carbons (Fsp3) is 0.310. The van der Waals surface area contributed by atoms with Crippen LogP contribution in [-0.2, 0) is 33.0 Å². The zero-order valence-electron chi connectivity index (χ0n) is 22.2. The molecule has 0 bridgehead atoms. The van der Waals surface area contributed by atoms with Crippen LogP contribution < -0.4 is 21.5 Å². The molecule has 0 saturated carbocycles. The standard InChI is InChI=1S/C29H31N7O3/c1-29(2)13-17-11-23-27(38)36(10-9-35(23)24(17)14-29)26-21(16-37)20(7-8-31-26)22-15-34(3)28(39)25(33-22)32-19-6-4-5-18(30)12-19/h4-8,11-12,15,37H,9-10,13-14,16,30H2,1-3H3,(H,32,33). The summed E-state index contributed by atoms with van der Waals surface area (Å²) in [6, 6.07) is 10.8. The van der Waals surface area contributed by atoms with E-state index in [1.165, 1.54) is 15.8 Å². The number of nitrogens with two attached hydrogens (primary N) is 1. The SMILES string of the molecule is Cn1cc(-c2ccnc(N3CCn4c(cc5c4CC(C)(C)C5)C3=O)c2CO)nc(Nc2cccc(N)c2)c1=O. The first-order valence-corrected chi connectivity index (χ1v) is 13.0. The molecule has 0 spiro atoms. The van der Waals surface area contributed by atoms with Gasteiger partial charge in [0.05, 0.1) is 12.3 Å². The molecule has 6 rings (SSSR count). The highest BCUT2D eigenvalue weighted by molar-refractivity contribution is 6.06. The molecule has 4 heterocycles. The van der Waals surface area contributed by atoms with Crippen LogP contribution in [0.3, 0.4) is 0 Å². The predicted octanol–water partition coefficient (Wildman–Crippen LogP) is 3.25. The molecule has 10 nitrogen and oxygen atoms in total. The minimum Gasteiger partial charge on any atom is -0.399 e. The zero-order valence-corrected chi connectivity index (χ0v) is 22.2. The smallest absolute Gasteiger partial charge is 0.293 e. The second-order valence-corrected chi connectivity index (χ2v) is 11.1. The number of nitrogens with one attached hydrogen (secondary N) is 1. The summed E-state index contributed by atoms with van der Waals surface area (Å²) in [5, 5.41) is 13.5. The fourth-order valence-corrected chi connectivity index (χ4v) is 5.79. The summed E-state index contributed by atoms with van der Waals surface area (Å²) in [6.07, 6.45) is 5.12. The van der Waals surface area contributed by atoms with Crippen molar-refractivity contribution in [1.82, 2.24) is 19.1 Å². The monoisotopic (exact) mass is 525 g/mol. The molecule has 39 heavy (non-hydrogen) atoms. The number of aliphatic hydroxyl groups excluding tert-OH is 1. The minimum absolute atomic E-state index is 0.118. The average Bonchev–Trinajstić information content (AvgIpc) is 3.38. The maximum Gasteiger partial charge on any atom is 0.293 e. The second kappa shape index (κ2) is 9.09. The van der Waals surface area contributed by atoms with Crippen molar-refractivity contribution in [1.29, 1.82) is 0 Å². The molecule has 2 aliphatic rings. The van der Waals surface area contributed by atoms with Gasteiger partial charge in [0.25, 0.3) is 11.5 Å². The van der Waals surface area contributed by atoms with Gasteiger partial charge >= 0.3 is 0 Å². The molecule has 0 unspecified atom stereocenters. The van der Waals surface area contributed by atoms with E-state index >= 15 is 0 Å². The summed E-state index contributed by atoms with van der Waals surface area (Å²) in [5.74, 6) is 0.381. The summed E-state index contributed by atoms with van der Waals surface area (Å²) in [6.45, 7) is 5.26. The van der Waals surface area contributed by atoms with Gasteiger partial charge in [-0.05, 0) is 54.2 Å². The lowest BCUT2D eigenvalue weighted by Crippen LogP contribution is -2.41. The van der Waals surface area contributed by atoms with Gasteiger partial charge in [-0.3, -0.25) is 14.5 Å². The van der Waals surface area contributed by atoms with Gasteiger partial charge in [-0.25, -0.2) is 9.97 Å². The Bertz CT molecular complexity index is 1680. The number of nitrogen functional groups attached to an aromatic ring is 1. The quantitative estimate of drug-likeness (QED) is 0.341. The summed E-state index contributed by atoms with van der Waals surface area (Å²) in [5.41, 5.74) is 11.6. The molecule has 3 aromatic heterocycles. The Morgan fingerprint density at radius 3 is 2.72 bits per heavy atom. The number of aliphatic hydroxyl groups is 1. The Labute approximate surface area is 225 Å². The first-order valence-electron chi connectivity index (χ1n) is 13.0. The maximum absolute atomic E-state index is 13.7. The third kappa shape index (κ3) is 4.26. The Balaban J connectivity index is 1.38. The number of aromatic nitrogens is 4. The topological polar surface area (TPSA) is 131 Å². The fourth-order valence-electron chi connectivity index (χ4n) is 5.79. The molecule has 0 fully saturated rings. The first kappa shape index (κ1) is 24.9. The largest absolute Gasteiger partial charge is 0.399 e. The van der Waals surface area contributed by atoms with Crippen molar-refractivity contribution in [2.24, 2.45) is 12.5 Å². The molecule has 1 aliphatic carbocycles. The molecule has 1 aromatic carbocycles. The van der Waals surface area contributed by atoms with E-state index in [1.54, 1.807) is 54.7 Å². The van der Waals surface area contributed by atoms with Gasteiger partial charge in [-0.15, -0.1) is 0 Å². The van der Waals surface area contributed by atoms with E-state index in [0.717, 1.165) is 12.8 Å². The normalized spacial score (nSPS) is 15.8. The van der Waals surface area contributed by atoms with Crippen LogP contribution in [0.2, 0.25) is 0 Å². The molecule has 0 radical (unpaired) electrons. The third-order valence-corrected chi connectivity index (χ3v) is 7.57. The van der Waals surface area contributed by atoms with Crippen LogP contribution in [0, 0.1) is 5.41 Å². The third-order valence-electron chi connectivity index (χ3n) is 7.57. The van der Waals surface area contributed by atoms with E-state index in [4.69, 9.17) is 5.73 Å². The zero-order chi connectivity index (χ0) is 27.5. The van der Waals surface area contributed by atoms with E-state index in [1.807, 2.05) is 6.07 Å². The van der Waals surface area contributed by atoms with E-state index in [0.29, 0.717) is 52.8 Å². The molecule has 4 N–H and O–H groups in total. The van der Waals surface area contributed by atoms with Crippen LogP contribution >= 0.6 is 0 Å². The van der Waals surface area contributed by atoms with Gasteiger partial charge in [0.1, 0.15) is 11.5 Å². The van der Waals surface area contributed by atoms with Crippen molar-refractivity contribution in [2.75, 3.05) is 22.5 Å². The molecule has 200 valence electrons. The van der Waals surface area contributed by atoms with Crippen molar-refractivity contribution in [3.8, 4) is 11.3 Å². The Hall–Kier alpha value is -4.44. The number of carbonyl (C=O) groups excluding carboxylic acids is 1. The van der Waals surface area contributed by atoms with Crippen molar-refractivity contribution in [2.45, 2.75) is 39.8 Å². The first-order chi connectivity index (χ1) is 18.6. The number of anilines is 4. The summed E-state index contributed by atoms with van der Waals surface area (Å²) < 4.78 is 3.58. The highest BCUT2D eigenvalue weighted by atomic mass is 16.3. The lowest BCUT2D eigenvalue weighted by molar-refractivity contribution is 0.0962. The highest BCUT2D eigenvalue weighted by Crippen LogP contribution is 2.40. The van der Waals surface area contributed by atoms with E-state index in [2.05, 4.69) is 33.7 Å². The maximum atomic E-state index is 13.7. The highest BCUT2D eigenvalue weighted by Gasteiger charge is 2.37. The number of carbonyl (C=O) groups is 1. The predicted molar refractivity (Wildman–Crippen MR) is 150 cm³/mol. The van der Waals surface area contributed by atoms with E-state index in [9.17, 15) is 14.7 Å². The van der Waals surface area contributed by atoms with Gasteiger partial charge in [0, 0.05) is 60.7 Å². The summed E-state index contributed by atoms with van der Waals surface area (Å²) in [7, 11) is 1.64. The van der Waals surface area contributed by atoms with Crippen LogP contribution in [0.1, 0.15) is 41.2 Å². The number of fused-ring (bicyclic) bond motifs is 3. The van der Waals surface area contributed by atoms with Crippen molar-refractivity contribution in [3.05, 3.63) is 81.7 Å². The lowest BCUT2D eigenvalue weighted by atomic mass is 9.90. The minimum atomic E-state index is -0.351. The van der Waals surface area contributed by atoms with Gasteiger partial charge in [-0.2, -0.15) is 0 Å². The second-order valence-electron chi connectivity index (χ2n) is 11.1. The number of rotatable bonds is 5. The molecule has 10 heteroatoms. The van der Waals surface area contributed by atoms with Gasteiger partial charge in [-0.1, -0.05) is 19.9 Å². The van der Waals surface area contributed by atoms with Gasteiger partial charge in [0.2, 0.25) is 0 Å². The summed E-state index contributed by atoms with van der Waals surface area (Å²) in [4.78, 5) is 37.3. The van der Waals surface area contributed by atoms with E-state index < -0.39 is 0 Å². The molecule has 0 saturated heterocycles. The van der Waals surface area contributed by atoms with Crippen LogP contribution in [0.15, 0.2) is 53.6 Å². The van der Waals surface area contributed by atoms with Crippen LogP contribution in [-0.4, -0.2) is 36.7 Å². The van der Waals surface area contributed by atoms with Crippen molar-refractivity contribution >= 4 is 28.9 Å². The number of aryl methyl sites for hydroxylation is 1. The molecule has 1 aliphatic heterocycles. The number of hydrogen-bond acceptors (Lipinski definition) is 7. The van der Waals surface area contributed by atoms with Crippen LogP contribution in [0.5, 0.6) is 0 Å². The van der Waals surface area contributed by atoms with Crippen LogP contribution in [0.25, 0.3) is 11.3 Å². The molecular weight excluding hydrogens is 494 g/mol. The Morgan fingerprint density at radius 2 is 1.95 bits per heavy atom.